The average molecular weight is 582 g/mol. The van der Waals surface area contributed by atoms with Gasteiger partial charge in [-0.15, -0.1) is 0 Å². The lowest BCUT2D eigenvalue weighted by Crippen LogP contribution is -2.79. The van der Waals surface area contributed by atoms with Crippen LogP contribution in [-0.2, 0) is 38.0 Å². The molecule has 0 amide bonds. The Kier molecular flexibility index (Phi) is 6.94. The van der Waals surface area contributed by atoms with Crippen molar-refractivity contribution in [2.45, 2.75) is 87.8 Å². The largest absolute Gasteiger partial charge is 0.459 e. The van der Waals surface area contributed by atoms with Crippen LogP contribution >= 0.6 is 0 Å². The smallest absolute Gasteiger partial charge is 0.303 e. The Morgan fingerprint density at radius 2 is 1.59 bits per heavy atom. The molecule has 6 rings (SSSR count). The first-order valence-electron chi connectivity index (χ1n) is 14.9. The molecule has 41 heavy (non-hydrogen) atoms. The number of carbonyl (C=O) groups excluding carboxylic acids is 2. The second kappa shape index (κ2) is 9.58. The molecule has 2 unspecified atom stereocenters. The first-order chi connectivity index (χ1) is 19.4. The van der Waals surface area contributed by atoms with Gasteiger partial charge < -0.3 is 43.5 Å². The van der Waals surface area contributed by atoms with Gasteiger partial charge in [0.15, 0.2) is 6.10 Å². The van der Waals surface area contributed by atoms with E-state index < -0.39 is 64.8 Å². The minimum atomic E-state index is -1.74. The van der Waals surface area contributed by atoms with Crippen molar-refractivity contribution in [2.24, 2.45) is 40.4 Å². The summed E-state index contributed by atoms with van der Waals surface area (Å²) in [5, 5.41) is 25.9. The van der Waals surface area contributed by atoms with Crippen LogP contribution in [0.15, 0.2) is 0 Å². The monoisotopic (exact) mass is 581 g/mol. The van der Waals surface area contributed by atoms with Crippen LogP contribution in [0.3, 0.4) is 0 Å². The Bertz CT molecular complexity index is 1090. The van der Waals surface area contributed by atoms with Gasteiger partial charge in [0, 0.05) is 76.9 Å². The lowest BCUT2D eigenvalue weighted by Gasteiger charge is -2.65. The maximum Gasteiger partial charge on any atom is 0.303 e. The molecule has 0 aromatic carbocycles. The van der Waals surface area contributed by atoms with E-state index in [1.54, 1.807) is 21.3 Å². The van der Waals surface area contributed by atoms with Gasteiger partial charge in [0.25, 0.3) is 0 Å². The molecule has 5 saturated carbocycles. The van der Waals surface area contributed by atoms with E-state index in [1.165, 1.54) is 21.0 Å². The van der Waals surface area contributed by atoms with Crippen molar-refractivity contribution in [3.8, 4) is 0 Å². The van der Waals surface area contributed by atoms with Crippen LogP contribution in [0.5, 0.6) is 0 Å². The fraction of sp³-hybridized carbons (Fsp3) is 0.933. The minimum absolute atomic E-state index is 0.104. The lowest BCUT2D eigenvalue weighted by molar-refractivity contribution is -0.312. The number of aliphatic hydroxyl groups is 2. The summed E-state index contributed by atoms with van der Waals surface area (Å²) in [5.74, 6) is -2.69. The summed E-state index contributed by atoms with van der Waals surface area (Å²) in [6, 6.07) is -0.228. The van der Waals surface area contributed by atoms with Crippen LogP contribution < -0.4 is 0 Å². The highest BCUT2D eigenvalue weighted by Gasteiger charge is 2.90. The van der Waals surface area contributed by atoms with Crippen LogP contribution in [-0.4, -0.2) is 123 Å². The van der Waals surface area contributed by atoms with Gasteiger partial charge >= 0.3 is 11.9 Å². The topological polar surface area (TPSA) is 133 Å². The fourth-order valence-corrected chi connectivity index (χ4v) is 12.0. The molecule has 1 spiro atoms. The number of likely N-dealkylation sites (tertiary alicyclic amines) is 1. The molecule has 0 aromatic heterocycles. The van der Waals surface area contributed by atoms with Gasteiger partial charge in [-0.3, -0.25) is 9.59 Å². The van der Waals surface area contributed by atoms with Crippen molar-refractivity contribution in [2.75, 3.05) is 48.6 Å². The van der Waals surface area contributed by atoms with Crippen molar-refractivity contribution < 1.29 is 48.2 Å². The summed E-state index contributed by atoms with van der Waals surface area (Å²) in [7, 11) is 8.69. The van der Waals surface area contributed by atoms with E-state index in [9.17, 15) is 19.8 Å². The number of rotatable bonds is 7. The van der Waals surface area contributed by atoms with Gasteiger partial charge in [-0.1, -0.05) is 6.92 Å². The van der Waals surface area contributed by atoms with Crippen LogP contribution in [0.2, 0.25) is 0 Å². The fourth-order valence-electron chi connectivity index (χ4n) is 12.0. The summed E-state index contributed by atoms with van der Waals surface area (Å²) < 4.78 is 36.7. The molecule has 1 saturated heterocycles. The number of esters is 2. The van der Waals surface area contributed by atoms with Crippen LogP contribution in [0.25, 0.3) is 0 Å². The molecule has 7 bridgehead atoms. The van der Waals surface area contributed by atoms with Crippen molar-refractivity contribution >= 4 is 11.9 Å². The maximum atomic E-state index is 13.4. The Balaban J connectivity index is 1.70. The zero-order valence-corrected chi connectivity index (χ0v) is 25.5. The van der Waals surface area contributed by atoms with E-state index in [1.807, 2.05) is 0 Å². The number of hydrogen-bond donors (Lipinski definition) is 2. The molecular weight excluding hydrogens is 534 g/mol. The van der Waals surface area contributed by atoms with E-state index >= 15 is 0 Å². The molecule has 1 heterocycles. The van der Waals surface area contributed by atoms with Gasteiger partial charge in [0.2, 0.25) is 0 Å². The Morgan fingerprint density at radius 1 is 0.927 bits per heavy atom. The second-order valence-corrected chi connectivity index (χ2v) is 13.8. The summed E-state index contributed by atoms with van der Waals surface area (Å²) in [5.41, 5.74) is -4.32. The molecule has 6 aliphatic rings. The highest BCUT2D eigenvalue weighted by Crippen LogP contribution is 2.80. The Hall–Kier alpha value is -1.34. The van der Waals surface area contributed by atoms with Gasteiger partial charge in [-0.25, -0.2) is 0 Å². The molecule has 0 aromatic rings. The highest BCUT2D eigenvalue weighted by molar-refractivity contribution is 5.67. The van der Waals surface area contributed by atoms with E-state index in [2.05, 4.69) is 18.9 Å². The Labute approximate surface area is 242 Å². The Morgan fingerprint density at radius 3 is 2.15 bits per heavy atom. The first kappa shape index (κ1) is 29.7. The van der Waals surface area contributed by atoms with E-state index in [4.69, 9.17) is 28.4 Å². The second-order valence-electron chi connectivity index (χ2n) is 13.8. The number of methoxy groups -OCH3 is 4. The van der Waals surface area contributed by atoms with E-state index in [0.717, 1.165) is 19.4 Å². The summed E-state index contributed by atoms with van der Waals surface area (Å²) in [6.07, 6.45) is -2.22. The van der Waals surface area contributed by atoms with Crippen molar-refractivity contribution in [1.82, 2.24) is 4.90 Å². The summed E-state index contributed by atoms with van der Waals surface area (Å²) in [6.45, 7) is 6.16. The molecule has 5 aliphatic carbocycles. The molecule has 0 radical (unpaired) electrons. The zero-order chi connectivity index (χ0) is 29.9. The zero-order valence-electron chi connectivity index (χ0n) is 25.5. The number of nitrogens with zero attached hydrogens (tertiary/aromatic N) is 1. The van der Waals surface area contributed by atoms with Crippen molar-refractivity contribution in [3.05, 3.63) is 0 Å². The predicted molar refractivity (Wildman–Crippen MR) is 144 cm³/mol. The van der Waals surface area contributed by atoms with Crippen molar-refractivity contribution in [3.63, 3.8) is 0 Å². The molecule has 232 valence electrons. The van der Waals surface area contributed by atoms with Crippen LogP contribution in [0, 0.1) is 40.4 Å². The predicted octanol–water partition coefficient (Wildman–Crippen LogP) is 0.629. The lowest BCUT2D eigenvalue weighted by atomic mass is 9.43. The molecule has 11 nitrogen and oxygen atoms in total. The number of carbonyl (C=O) groups is 2. The molecule has 1 aliphatic heterocycles. The third kappa shape index (κ3) is 3.29. The van der Waals surface area contributed by atoms with E-state index in [-0.39, 0.29) is 41.7 Å². The number of hydrogen-bond acceptors (Lipinski definition) is 11. The standard InChI is InChI=1S/C30H47NO10/c1-14-11-18(37-6)29-17-12-28(34)24(40-15(2)32)19(17)30(35,26(25(28)39-8)41-16(3)33)20-21(38-7)22(29)27(14,13-36-5)9-10-31(4)23(20)29/h14,17-26,34-35H,9-13H2,1-8H3/t14-,17-,18+,19-,20?,21+,22-,23-,24-,25?,26+,27+,28-,29+,30-/m1/s1. The van der Waals surface area contributed by atoms with Gasteiger partial charge in [-0.05, 0) is 44.7 Å². The normalized spacial score (nSPS) is 54.9. The number of ether oxygens (including phenoxy) is 6. The summed E-state index contributed by atoms with van der Waals surface area (Å²) in [4.78, 5) is 27.5. The molecule has 15 atom stereocenters. The third-order valence-corrected chi connectivity index (χ3v) is 12.7. The first-order valence-corrected chi connectivity index (χ1v) is 14.9. The highest BCUT2D eigenvalue weighted by atomic mass is 16.6. The van der Waals surface area contributed by atoms with Crippen LogP contribution in [0.1, 0.15) is 40.0 Å². The molecule has 2 N–H and O–H groups in total. The van der Waals surface area contributed by atoms with Gasteiger partial charge in [-0.2, -0.15) is 0 Å². The van der Waals surface area contributed by atoms with Crippen LogP contribution in [0.4, 0.5) is 0 Å². The van der Waals surface area contributed by atoms with Crippen molar-refractivity contribution in [1.29, 1.82) is 0 Å². The number of fused-ring (bicyclic) bond motifs is 2. The van der Waals surface area contributed by atoms with Gasteiger partial charge in [0.05, 0.1) is 18.8 Å². The third-order valence-electron chi connectivity index (χ3n) is 12.7. The molecular formula is C30H47NO10. The van der Waals surface area contributed by atoms with E-state index in [0.29, 0.717) is 6.61 Å². The molecule has 6 fully saturated rings. The maximum absolute atomic E-state index is 13.4. The average Bonchev–Trinajstić information content (AvgIpc) is 3.31. The molecule has 11 heteroatoms. The SMILES string of the molecule is COC[C@]12CCN(C)[C@@H]3C4[C@H](OC)[C@H]1[C@@]3([C@@H](OC)C[C@H]2C)[C@@H]1C[C@]2(O)C(OC)[C@H](OC(C)=O)[C@@]4(O)[C@H]1[C@H]2OC(C)=O. The summed E-state index contributed by atoms with van der Waals surface area (Å²) >= 11 is 0. The quantitative estimate of drug-likeness (QED) is 0.410. The van der Waals surface area contributed by atoms with Gasteiger partial charge in [0.1, 0.15) is 23.4 Å². The minimum Gasteiger partial charge on any atom is -0.459 e.